The quantitative estimate of drug-likeness (QED) is 0.678. The van der Waals surface area contributed by atoms with Gasteiger partial charge in [0.1, 0.15) is 6.61 Å². The Kier molecular flexibility index (Phi) is 5.44. The second-order valence-electron chi connectivity index (χ2n) is 5.62. The summed E-state index contributed by atoms with van der Waals surface area (Å²) in [6.45, 7) is 2.31. The third-order valence-corrected chi connectivity index (χ3v) is 5.38. The minimum atomic E-state index is -3.79. The van der Waals surface area contributed by atoms with Gasteiger partial charge in [0.15, 0.2) is 11.6 Å². The zero-order chi connectivity index (χ0) is 18.6. The molecular formula is C19H17ClN2O3S. The number of pyridine rings is 1. The monoisotopic (exact) mass is 388 g/mol. The molecule has 0 amide bonds. The lowest BCUT2D eigenvalue weighted by Crippen LogP contribution is -2.15. The zero-order valence-corrected chi connectivity index (χ0v) is 15.6. The number of nitrogens with zero attached hydrogens (tertiary/aromatic N) is 1. The SMILES string of the molecule is Cc1ccccc1COc1cccnc1NS(=O)(=O)c1ccc(Cl)cc1. The molecule has 26 heavy (non-hydrogen) atoms. The molecule has 0 bridgehead atoms. The fourth-order valence-electron chi connectivity index (χ4n) is 2.31. The van der Waals surface area contributed by atoms with Crippen LogP contribution in [0.2, 0.25) is 5.02 Å². The van der Waals surface area contributed by atoms with E-state index in [1.54, 1.807) is 12.1 Å². The Labute approximate surface area is 157 Å². The highest BCUT2D eigenvalue weighted by molar-refractivity contribution is 7.92. The highest BCUT2D eigenvalue weighted by Crippen LogP contribution is 2.26. The van der Waals surface area contributed by atoms with Gasteiger partial charge in [0.05, 0.1) is 4.90 Å². The molecule has 0 saturated carbocycles. The van der Waals surface area contributed by atoms with Crippen LogP contribution in [0.15, 0.2) is 71.8 Å². The van der Waals surface area contributed by atoms with Crippen LogP contribution < -0.4 is 9.46 Å². The molecular weight excluding hydrogens is 372 g/mol. The predicted molar refractivity (Wildman–Crippen MR) is 102 cm³/mol. The summed E-state index contributed by atoms with van der Waals surface area (Å²) < 4.78 is 33.3. The molecule has 0 aliphatic rings. The van der Waals surface area contributed by atoms with E-state index in [9.17, 15) is 8.42 Å². The highest BCUT2D eigenvalue weighted by atomic mass is 35.5. The molecule has 0 aliphatic carbocycles. The van der Waals surface area contributed by atoms with Crippen LogP contribution in [0, 0.1) is 6.92 Å². The zero-order valence-electron chi connectivity index (χ0n) is 14.0. The first kappa shape index (κ1) is 18.2. The van der Waals surface area contributed by atoms with Crippen molar-refractivity contribution in [1.29, 1.82) is 0 Å². The molecule has 0 radical (unpaired) electrons. The highest BCUT2D eigenvalue weighted by Gasteiger charge is 2.17. The van der Waals surface area contributed by atoms with E-state index in [-0.39, 0.29) is 10.7 Å². The normalized spacial score (nSPS) is 11.2. The lowest BCUT2D eigenvalue weighted by molar-refractivity contribution is 0.306. The van der Waals surface area contributed by atoms with Crippen molar-refractivity contribution in [3.63, 3.8) is 0 Å². The van der Waals surface area contributed by atoms with Gasteiger partial charge in [-0.1, -0.05) is 35.9 Å². The van der Waals surface area contributed by atoms with E-state index in [0.717, 1.165) is 11.1 Å². The average molecular weight is 389 g/mol. The molecule has 1 heterocycles. The van der Waals surface area contributed by atoms with Crippen molar-refractivity contribution >= 4 is 27.4 Å². The van der Waals surface area contributed by atoms with Gasteiger partial charge in [0, 0.05) is 11.2 Å². The molecule has 1 N–H and O–H groups in total. The molecule has 1 aromatic heterocycles. The Bertz CT molecular complexity index is 1010. The number of aryl methyl sites for hydroxylation is 1. The van der Waals surface area contributed by atoms with Crippen LogP contribution in [-0.2, 0) is 16.6 Å². The fraction of sp³-hybridized carbons (Fsp3) is 0.105. The standard InChI is InChI=1S/C19H17ClN2O3S/c1-14-5-2-3-6-15(14)13-25-18-7-4-12-21-19(18)22-26(23,24)17-10-8-16(20)9-11-17/h2-12H,13H2,1H3,(H,21,22). The van der Waals surface area contributed by atoms with Crippen LogP contribution >= 0.6 is 11.6 Å². The molecule has 0 spiro atoms. The van der Waals surface area contributed by atoms with Crippen LogP contribution in [-0.4, -0.2) is 13.4 Å². The number of nitrogens with one attached hydrogen (secondary N) is 1. The van der Waals surface area contributed by atoms with Crippen molar-refractivity contribution < 1.29 is 13.2 Å². The maximum absolute atomic E-state index is 12.5. The lowest BCUT2D eigenvalue weighted by atomic mass is 10.1. The Balaban J connectivity index is 1.81. The second-order valence-corrected chi connectivity index (χ2v) is 7.74. The van der Waals surface area contributed by atoms with Gasteiger partial charge in [-0.2, -0.15) is 0 Å². The number of ether oxygens (including phenoxy) is 1. The Hall–Kier alpha value is -2.57. The number of rotatable bonds is 6. The molecule has 0 saturated heterocycles. The van der Waals surface area contributed by atoms with Crippen molar-refractivity contribution in [3.05, 3.63) is 83.0 Å². The van der Waals surface area contributed by atoms with E-state index in [4.69, 9.17) is 16.3 Å². The number of anilines is 1. The summed E-state index contributed by atoms with van der Waals surface area (Å²) in [6, 6.07) is 17.1. The number of benzene rings is 2. The van der Waals surface area contributed by atoms with Gasteiger partial charge in [-0.15, -0.1) is 0 Å². The van der Waals surface area contributed by atoms with Gasteiger partial charge in [-0.3, -0.25) is 4.72 Å². The smallest absolute Gasteiger partial charge is 0.263 e. The average Bonchev–Trinajstić information content (AvgIpc) is 2.62. The molecule has 0 unspecified atom stereocenters. The van der Waals surface area contributed by atoms with E-state index in [1.165, 1.54) is 30.5 Å². The lowest BCUT2D eigenvalue weighted by Gasteiger charge is -2.13. The number of hydrogen-bond acceptors (Lipinski definition) is 4. The Morgan fingerprint density at radius 2 is 1.77 bits per heavy atom. The minimum Gasteiger partial charge on any atom is -0.485 e. The minimum absolute atomic E-state index is 0.0948. The molecule has 134 valence electrons. The van der Waals surface area contributed by atoms with Crippen molar-refractivity contribution in [2.45, 2.75) is 18.4 Å². The summed E-state index contributed by atoms with van der Waals surface area (Å²) in [5.41, 5.74) is 2.11. The number of sulfonamides is 1. The van der Waals surface area contributed by atoms with E-state index in [0.29, 0.717) is 17.4 Å². The van der Waals surface area contributed by atoms with E-state index in [2.05, 4.69) is 9.71 Å². The maximum atomic E-state index is 12.5. The van der Waals surface area contributed by atoms with Crippen molar-refractivity contribution in [2.75, 3.05) is 4.72 Å². The van der Waals surface area contributed by atoms with Crippen LogP contribution in [0.25, 0.3) is 0 Å². The van der Waals surface area contributed by atoms with Gasteiger partial charge in [0.25, 0.3) is 10.0 Å². The summed E-state index contributed by atoms with van der Waals surface area (Å²) >= 11 is 5.81. The van der Waals surface area contributed by atoms with Crippen molar-refractivity contribution in [2.24, 2.45) is 0 Å². The molecule has 7 heteroatoms. The summed E-state index contributed by atoms with van der Waals surface area (Å²) in [7, 11) is -3.79. The fourth-order valence-corrected chi connectivity index (χ4v) is 3.46. The van der Waals surface area contributed by atoms with Crippen molar-refractivity contribution in [3.8, 4) is 5.75 Å². The van der Waals surface area contributed by atoms with Gasteiger partial charge < -0.3 is 4.74 Å². The Morgan fingerprint density at radius 3 is 2.50 bits per heavy atom. The second kappa shape index (κ2) is 7.76. The molecule has 2 aromatic carbocycles. The maximum Gasteiger partial charge on any atom is 0.263 e. The van der Waals surface area contributed by atoms with Crippen LogP contribution in [0.1, 0.15) is 11.1 Å². The first-order valence-electron chi connectivity index (χ1n) is 7.86. The first-order chi connectivity index (χ1) is 12.5. The van der Waals surface area contributed by atoms with E-state index < -0.39 is 10.0 Å². The Morgan fingerprint density at radius 1 is 1.04 bits per heavy atom. The predicted octanol–water partition coefficient (Wildman–Crippen LogP) is 4.42. The van der Waals surface area contributed by atoms with Crippen molar-refractivity contribution in [1.82, 2.24) is 4.98 Å². The van der Waals surface area contributed by atoms with Gasteiger partial charge in [-0.05, 0) is 54.4 Å². The molecule has 0 fully saturated rings. The number of hydrogen-bond donors (Lipinski definition) is 1. The van der Waals surface area contributed by atoms with E-state index >= 15 is 0 Å². The van der Waals surface area contributed by atoms with Crippen LogP contribution in [0.5, 0.6) is 5.75 Å². The third kappa shape index (κ3) is 4.33. The van der Waals surface area contributed by atoms with Crippen LogP contribution in [0.4, 0.5) is 5.82 Å². The summed E-state index contributed by atoms with van der Waals surface area (Å²) in [5.74, 6) is 0.490. The number of aromatic nitrogens is 1. The number of halogens is 1. The first-order valence-corrected chi connectivity index (χ1v) is 9.72. The largest absolute Gasteiger partial charge is 0.485 e. The third-order valence-electron chi connectivity index (χ3n) is 3.77. The van der Waals surface area contributed by atoms with Gasteiger partial charge in [0.2, 0.25) is 0 Å². The van der Waals surface area contributed by atoms with E-state index in [1.807, 2.05) is 31.2 Å². The summed E-state index contributed by atoms with van der Waals surface area (Å²) in [4.78, 5) is 4.20. The van der Waals surface area contributed by atoms with Crippen LogP contribution in [0.3, 0.4) is 0 Å². The molecule has 5 nitrogen and oxygen atoms in total. The molecule has 0 atom stereocenters. The molecule has 0 aliphatic heterocycles. The molecule has 3 rings (SSSR count). The summed E-state index contributed by atoms with van der Waals surface area (Å²) in [6.07, 6.45) is 1.50. The topological polar surface area (TPSA) is 68.3 Å². The summed E-state index contributed by atoms with van der Waals surface area (Å²) in [5, 5.41) is 0.462. The van der Waals surface area contributed by atoms with Gasteiger partial charge >= 0.3 is 0 Å². The van der Waals surface area contributed by atoms with Gasteiger partial charge in [-0.25, -0.2) is 13.4 Å². The molecule has 3 aromatic rings.